The summed E-state index contributed by atoms with van der Waals surface area (Å²) in [6, 6.07) is 0. The van der Waals surface area contributed by atoms with Crippen molar-refractivity contribution in [1.82, 2.24) is 0 Å². The molecule has 4 nitrogen and oxygen atoms in total. The molecule has 2 rings (SSSR count). The second kappa shape index (κ2) is 5.10. The molecule has 0 bridgehead atoms. The number of hydrogen-bond acceptors (Lipinski definition) is 4. The molecule has 0 aromatic rings. The van der Waals surface area contributed by atoms with Gasteiger partial charge in [-0.15, -0.1) is 0 Å². The highest BCUT2D eigenvalue weighted by molar-refractivity contribution is 5.03. The largest absolute Gasteiger partial charge is 0.433 e. The first kappa shape index (κ1) is 12.5. The summed E-state index contributed by atoms with van der Waals surface area (Å²) in [5.41, 5.74) is 0. The minimum atomic E-state index is -1.95. The molecule has 1 atom stereocenters. The van der Waals surface area contributed by atoms with E-state index in [1.54, 1.807) is 0 Å². The van der Waals surface area contributed by atoms with Crippen molar-refractivity contribution in [2.75, 3.05) is 0 Å². The van der Waals surface area contributed by atoms with Gasteiger partial charge in [0.15, 0.2) is 6.10 Å². The Morgan fingerprint density at radius 2 is 1.59 bits per heavy atom. The maximum absolute atomic E-state index is 10.2. The Hall–Kier alpha value is -1.00. The maximum atomic E-state index is 10.2. The fourth-order valence-corrected chi connectivity index (χ4v) is 2.04. The number of aliphatic hydroxyl groups excluding tert-OH is 1. The smallest absolute Gasteiger partial charge is 0.396 e. The standard InChI is InChI=1S/C13H20O4/c1-10(14)13(15,16-11-6-2-3-7-11)17-12-8-4-5-9-12/h6,8,10,14-15H,2-5,7,9H2,1H3. The molecule has 0 heterocycles. The molecule has 0 aliphatic heterocycles. The van der Waals surface area contributed by atoms with E-state index in [-0.39, 0.29) is 0 Å². The predicted octanol–water partition coefficient (Wildman–Crippen LogP) is 2.18. The van der Waals surface area contributed by atoms with Crippen LogP contribution in [0.4, 0.5) is 0 Å². The Morgan fingerprint density at radius 3 is 1.88 bits per heavy atom. The van der Waals surface area contributed by atoms with Gasteiger partial charge in [-0.1, -0.05) is 0 Å². The number of aliphatic hydroxyl groups is 2. The molecule has 0 aromatic carbocycles. The molecule has 17 heavy (non-hydrogen) atoms. The Morgan fingerprint density at radius 1 is 1.12 bits per heavy atom. The van der Waals surface area contributed by atoms with Crippen molar-refractivity contribution in [2.24, 2.45) is 0 Å². The number of allylic oxidation sites excluding steroid dienone is 4. The average Bonchev–Trinajstić information content (AvgIpc) is 2.90. The van der Waals surface area contributed by atoms with Gasteiger partial charge < -0.3 is 19.7 Å². The molecule has 0 fully saturated rings. The highest BCUT2D eigenvalue weighted by atomic mass is 16.8. The SMILES string of the molecule is CC(O)C(O)(OC1=CCCC1)OC1=CCCC1. The summed E-state index contributed by atoms with van der Waals surface area (Å²) in [6.45, 7) is 1.46. The van der Waals surface area contributed by atoms with Crippen molar-refractivity contribution in [3.05, 3.63) is 23.7 Å². The first-order valence-electron chi connectivity index (χ1n) is 6.27. The molecule has 0 saturated heterocycles. The minimum absolute atomic E-state index is 0.701. The van der Waals surface area contributed by atoms with E-state index < -0.39 is 12.1 Å². The van der Waals surface area contributed by atoms with E-state index in [1.165, 1.54) is 6.92 Å². The molecule has 1 unspecified atom stereocenters. The highest BCUT2D eigenvalue weighted by Crippen LogP contribution is 2.30. The van der Waals surface area contributed by atoms with Crippen molar-refractivity contribution in [2.45, 2.75) is 57.5 Å². The summed E-state index contributed by atoms with van der Waals surface area (Å²) in [5, 5.41) is 19.9. The average molecular weight is 240 g/mol. The first-order valence-corrected chi connectivity index (χ1v) is 6.27. The van der Waals surface area contributed by atoms with Crippen LogP contribution in [0.25, 0.3) is 0 Å². The Bertz CT molecular complexity index is 304. The van der Waals surface area contributed by atoms with E-state index >= 15 is 0 Å². The normalized spacial score (nSPS) is 22.1. The fraction of sp³-hybridized carbons (Fsp3) is 0.692. The van der Waals surface area contributed by atoms with Crippen LogP contribution >= 0.6 is 0 Å². The summed E-state index contributed by atoms with van der Waals surface area (Å²) in [4.78, 5) is 0. The molecule has 0 aromatic heterocycles. The molecule has 0 amide bonds. The molecule has 0 radical (unpaired) electrons. The molecule has 96 valence electrons. The van der Waals surface area contributed by atoms with Crippen LogP contribution in [0.3, 0.4) is 0 Å². The molecular formula is C13H20O4. The molecule has 2 aliphatic rings. The molecule has 4 heteroatoms. The van der Waals surface area contributed by atoms with Gasteiger partial charge in [0.2, 0.25) is 0 Å². The van der Waals surface area contributed by atoms with Gasteiger partial charge in [0.25, 0.3) is 0 Å². The van der Waals surface area contributed by atoms with E-state index in [9.17, 15) is 10.2 Å². The van der Waals surface area contributed by atoms with Crippen LogP contribution < -0.4 is 0 Å². The number of ether oxygens (including phenoxy) is 2. The van der Waals surface area contributed by atoms with Crippen LogP contribution in [-0.4, -0.2) is 22.3 Å². The Kier molecular flexibility index (Phi) is 3.74. The highest BCUT2D eigenvalue weighted by Gasteiger charge is 2.40. The first-order chi connectivity index (χ1) is 8.10. The lowest BCUT2D eigenvalue weighted by molar-refractivity contribution is -0.365. The van der Waals surface area contributed by atoms with Gasteiger partial charge in [0.05, 0.1) is 11.5 Å². The van der Waals surface area contributed by atoms with Gasteiger partial charge in [-0.05, 0) is 44.8 Å². The summed E-state index contributed by atoms with van der Waals surface area (Å²) >= 11 is 0. The van der Waals surface area contributed by atoms with Crippen LogP contribution in [0.2, 0.25) is 0 Å². The van der Waals surface area contributed by atoms with Crippen LogP contribution in [0, 0.1) is 0 Å². The Labute approximate surface area is 102 Å². The zero-order chi connectivity index (χ0) is 12.3. The quantitative estimate of drug-likeness (QED) is 0.723. The second-order valence-corrected chi connectivity index (χ2v) is 4.64. The third kappa shape index (κ3) is 3.01. The molecular weight excluding hydrogens is 220 g/mol. The summed E-state index contributed by atoms with van der Waals surface area (Å²) in [6.07, 6.45) is 8.28. The van der Waals surface area contributed by atoms with Gasteiger partial charge in [-0.3, -0.25) is 0 Å². The summed E-state index contributed by atoms with van der Waals surface area (Å²) < 4.78 is 10.9. The van der Waals surface area contributed by atoms with E-state index in [0.29, 0.717) is 11.5 Å². The van der Waals surface area contributed by atoms with Gasteiger partial charge in [-0.25, -0.2) is 0 Å². The lowest BCUT2D eigenvalue weighted by Crippen LogP contribution is -2.45. The molecule has 2 N–H and O–H groups in total. The van der Waals surface area contributed by atoms with Crippen LogP contribution in [0.5, 0.6) is 0 Å². The molecule has 0 spiro atoms. The van der Waals surface area contributed by atoms with Crippen molar-refractivity contribution >= 4 is 0 Å². The topological polar surface area (TPSA) is 58.9 Å². The van der Waals surface area contributed by atoms with Crippen molar-refractivity contribution in [3.8, 4) is 0 Å². The van der Waals surface area contributed by atoms with Gasteiger partial charge in [0.1, 0.15) is 0 Å². The van der Waals surface area contributed by atoms with Crippen LogP contribution in [0.15, 0.2) is 23.7 Å². The zero-order valence-corrected chi connectivity index (χ0v) is 10.2. The summed E-state index contributed by atoms with van der Waals surface area (Å²) in [7, 11) is 0. The summed E-state index contributed by atoms with van der Waals surface area (Å²) in [5.74, 6) is -0.550. The van der Waals surface area contributed by atoms with Crippen molar-refractivity contribution in [1.29, 1.82) is 0 Å². The van der Waals surface area contributed by atoms with Gasteiger partial charge >= 0.3 is 5.97 Å². The van der Waals surface area contributed by atoms with Crippen LogP contribution in [-0.2, 0) is 9.47 Å². The van der Waals surface area contributed by atoms with E-state index in [4.69, 9.17) is 9.47 Å². The van der Waals surface area contributed by atoms with Crippen molar-refractivity contribution in [3.63, 3.8) is 0 Å². The van der Waals surface area contributed by atoms with Crippen molar-refractivity contribution < 1.29 is 19.7 Å². The second-order valence-electron chi connectivity index (χ2n) is 4.64. The fourth-order valence-electron chi connectivity index (χ4n) is 2.04. The lowest BCUT2D eigenvalue weighted by Gasteiger charge is -2.32. The van der Waals surface area contributed by atoms with Gasteiger partial charge in [0, 0.05) is 12.8 Å². The number of hydrogen-bond donors (Lipinski definition) is 2. The minimum Gasteiger partial charge on any atom is -0.433 e. The van der Waals surface area contributed by atoms with Crippen LogP contribution in [0.1, 0.15) is 45.4 Å². The molecule has 0 saturated carbocycles. The predicted molar refractivity (Wildman–Crippen MR) is 62.7 cm³/mol. The van der Waals surface area contributed by atoms with E-state index in [1.807, 2.05) is 12.2 Å². The third-order valence-electron chi connectivity index (χ3n) is 3.08. The third-order valence-corrected chi connectivity index (χ3v) is 3.08. The zero-order valence-electron chi connectivity index (χ0n) is 10.2. The maximum Gasteiger partial charge on any atom is 0.396 e. The molecule has 2 aliphatic carbocycles. The lowest BCUT2D eigenvalue weighted by atomic mass is 10.3. The van der Waals surface area contributed by atoms with Gasteiger partial charge in [-0.2, -0.15) is 0 Å². The Balaban J connectivity index is 2.02. The monoisotopic (exact) mass is 240 g/mol. The van der Waals surface area contributed by atoms with E-state index in [2.05, 4.69) is 0 Å². The van der Waals surface area contributed by atoms with E-state index in [0.717, 1.165) is 38.5 Å². The number of rotatable bonds is 5.